The van der Waals surface area contributed by atoms with Gasteiger partial charge in [0.05, 0.1) is 5.69 Å². The molecule has 0 saturated carbocycles. The lowest BCUT2D eigenvalue weighted by molar-refractivity contribution is 1.28. The predicted octanol–water partition coefficient (Wildman–Crippen LogP) is 16.5. The number of hydrogen-bond acceptors (Lipinski definition) is 2. The number of benzene rings is 10. The Labute approximate surface area is 342 Å². The third kappa shape index (κ3) is 6.12. The van der Waals surface area contributed by atoms with Crippen LogP contribution in [0.5, 0.6) is 0 Å². The molecule has 0 fully saturated rings. The molecular weight excluding hydrogens is 719 g/mol. The lowest BCUT2D eigenvalue weighted by Gasteiger charge is -2.28. The molecule has 58 heavy (non-hydrogen) atoms. The van der Waals surface area contributed by atoms with Gasteiger partial charge in [-0.1, -0.05) is 170 Å². The summed E-state index contributed by atoms with van der Waals surface area (Å²) in [7, 11) is 0. The zero-order valence-electron chi connectivity index (χ0n) is 31.7. The van der Waals surface area contributed by atoms with Gasteiger partial charge in [0.2, 0.25) is 0 Å². The molecule has 0 atom stereocenters. The standard InChI is InChI=1S/C56H37NS/c1-2-13-42-36-46(24-23-38(42)11-1)51-18-5-7-21-54(51)57(48-32-27-40(28-33-48)44-29-34-53-52-19-6-8-22-55(52)58-56(53)37-44)47-30-25-39(26-31-47)43-15-9-16-45(35-43)50-20-10-14-41-12-3-4-17-49(41)50/h1-37H. The smallest absolute Gasteiger partial charge is 0.0540 e. The Bertz CT molecular complexity index is 3280. The molecule has 1 aromatic heterocycles. The second-order valence-corrected chi connectivity index (χ2v) is 16.0. The van der Waals surface area contributed by atoms with E-state index in [0.29, 0.717) is 0 Å². The van der Waals surface area contributed by atoms with E-state index in [1.165, 1.54) is 86.2 Å². The molecule has 2 heteroatoms. The minimum Gasteiger partial charge on any atom is -0.310 e. The van der Waals surface area contributed by atoms with Crippen molar-refractivity contribution in [2.75, 3.05) is 4.90 Å². The van der Waals surface area contributed by atoms with Gasteiger partial charge in [-0.3, -0.25) is 0 Å². The maximum absolute atomic E-state index is 2.40. The number of anilines is 3. The van der Waals surface area contributed by atoms with Crippen LogP contribution in [0.25, 0.3) is 86.2 Å². The number of hydrogen-bond donors (Lipinski definition) is 0. The maximum atomic E-state index is 2.40. The van der Waals surface area contributed by atoms with Crippen LogP contribution in [-0.4, -0.2) is 0 Å². The molecule has 0 aliphatic rings. The van der Waals surface area contributed by atoms with Crippen LogP contribution in [0.2, 0.25) is 0 Å². The van der Waals surface area contributed by atoms with Crippen molar-refractivity contribution in [1.82, 2.24) is 0 Å². The highest BCUT2D eigenvalue weighted by Crippen LogP contribution is 2.43. The molecule has 11 aromatic rings. The summed E-state index contributed by atoms with van der Waals surface area (Å²) in [5.74, 6) is 0. The zero-order valence-corrected chi connectivity index (χ0v) is 32.5. The Morgan fingerprint density at radius 3 is 1.62 bits per heavy atom. The van der Waals surface area contributed by atoms with E-state index >= 15 is 0 Å². The molecule has 0 aliphatic heterocycles. The topological polar surface area (TPSA) is 3.24 Å². The summed E-state index contributed by atoms with van der Waals surface area (Å²) in [5, 5.41) is 7.64. The molecule has 0 radical (unpaired) electrons. The first-order valence-electron chi connectivity index (χ1n) is 19.8. The Hall–Kier alpha value is -7.26. The minimum absolute atomic E-state index is 1.10. The molecule has 0 N–H and O–H groups in total. The molecule has 0 aliphatic carbocycles. The average Bonchev–Trinajstić information content (AvgIpc) is 3.67. The molecule has 1 nitrogen and oxygen atoms in total. The van der Waals surface area contributed by atoms with Crippen molar-refractivity contribution in [2.24, 2.45) is 0 Å². The number of para-hydroxylation sites is 1. The van der Waals surface area contributed by atoms with Gasteiger partial charge in [-0.25, -0.2) is 0 Å². The van der Waals surface area contributed by atoms with E-state index in [1.54, 1.807) is 0 Å². The fourth-order valence-corrected chi connectivity index (χ4v) is 9.70. The fraction of sp³-hybridized carbons (Fsp3) is 0. The Balaban J connectivity index is 0.998. The number of thiophene rings is 1. The van der Waals surface area contributed by atoms with E-state index in [4.69, 9.17) is 0 Å². The van der Waals surface area contributed by atoms with Crippen molar-refractivity contribution < 1.29 is 0 Å². The van der Waals surface area contributed by atoms with Crippen LogP contribution in [0, 0.1) is 0 Å². The first-order valence-corrected chi connectivity index (χ1v) is 20.6. The number of nitrogens with zero attached hydrogens (tertiary/aromatic N) is 1. The van der Waals surface area contributed by atoms with Crippen LogP contribution in [0.3, 0.4) is 0 Å². The van der Waals surface area contributed by atoms with Gasteiger partial charge in [-0.2, -0.15) is 0 Å². The molecule has 0 spiro atoms. The van der Waals surface area contributed by atoms with Crippen LogP contribution in [-0.2, 0) is 0 Å². The van der Waals surface area contributed by atoms with Gasteiger partial charge in [-0.15, -0.1) is 11.3 Å². The van der Waals surface area contributed by atoms with Gasteiger partial charge in [0.15, 0.2) is 0 Å². The second-order valence-electron chi connectivity index (χ2n) is 14.9. The summed E-state index contributed by atoms with van der Waals surface area (Å²) >= 11 is 1.86. The molecule has 11 rings (SSSR count). The summed E-state index contributed by atoms with van der Waals surface area (Å²) in [6, 6.07) is 82.0. The average molecular weight is 756 g/mol. The summed E-state index contributed by atoms with van der Waals surface area (Å²) < 4.78 is 2.64. The van der Waals surface area contributed by atoms with Crippen LogP contribution < -0.4 is 4.90 Å². The Morgan fingerprint density at radius 1 is 0.276 bits per heavy atom. The van der Waals surface area contributed by atoms with Gasteiger partial charge >= 0.3 is 0 Å². The van der Waals surface area contributed by atoms with Crippen molar-refractivity contribution in [1.29, 1.82) is 0 Å². The monoisotopic (exact) mass is 755 g/mol. The zero-order chi connectivity index (χ0) is 38.4. The fourth-order valence-electron chi connectivity index (χ4n) is 8.55. The van der Waals surface area contributed by atoms with E-state index in [0.717, 1.165) is 17.1 Å². The van der Waals surface area contributed by atoms with Crippen molar-refractivity contribution in [3.05, 3.63) is 224 Å². The molecule has 0 bridgehead atoms. The van der Waals surface area contributed by atoms with Crippen molar-refractivity contribution in [3.8, 4) is 44.5 Å². The third-order valence-corrected chi connectivity index (χ3v) is 12.6. The van der Waals surface area contributed by atoms with E-state index < -0.39 is 0 Å². The SMILES string of the molecule is c1cc(-c2ccc(N(c3ccc(-c4ccc5c(c4)sc4ccccc45)cc3)c3ccccc3-c3ccc4ccccc4c3)cc2)cc(-c2cccc3ccccc23)c1. The Kier molecular flexibility index (Phi) is 8.42. The summed E-state index contributed by atoms with van der Waals surface area (Å²) in [6.07, 6.45) is 0. The normalized spacial score (nSPS) is 11.4. The highest BCUT2D eigenvalue weighted by atomic mass is 32.1. The van der Waals surface area contributed by atoms with Crippen LogP contribution in [0.4, 0.5) is 17.1 Å². The molecule has 272 valence electrons. The van der Waals surface area contributed by atoms with E-state index in [1.807, 2.05) is 11.3 Å². The summed E-state index contributed by atoms with van der Waals surface area (Å²) in [4.78, 5) is 2.40. The van der Waals surface area contributed by atoms with Gasteiger partial charge in [0, 0.05) is 37.1 Å². The molecular formula is C56H37NS. The summed E-state index contributed by atoms with van der Waals surface area (Å²) in [6.45, 7) is 0. The van der Waals surface area contributed by atoms with Gasteiger partial charge in [0.25, 0.3) is 0 Å². The number of fused-ring (bicyclic) bond motifs is 5. The lowest BCUT2D eigenvalue weighted by atomic mass is 9.95. The van der Waals surface area contributed by atoms with Gasteiger partial charge in [0.1, 0.15) is 0 Å². The quantitative estimate of drug-likeness (QED) is 0.157. The van der Waals surface area contributed by atoms with E-state index in [2.05, 4.69) is 229 Å². The molecule has 1 heterocycles. The first-order chi connectivity index (χ1) is 28.7. The summed E-state index contributed by atoms with van der Waals surface area (Å²) in [5.41, 5.74) is 13.0. The van der Waals surface area contributed by atoms with Crippen LogP contribution >= 0.6 is 11.3 Å². The Morgan fingerprint density at radius 2 is 0.810 bits per heavy atom. The third-order valence-electron chi connectivity index (χ3n) is 11.5. The molecule has 0 unspecified atom stereocenters. The molecule has 0 amide bonds. The first kappa shape index (κ1) is 34.0. The van der Waals surface area contributed by atoms with Gasteiger partial charge in [-0.05, 0) is 115 Å². The largest absolute Gasteiger partial charge is 0.310 e. The van der Waals surface area contributed by atoms with E-state index in [-0.39, 0.29) is 0 Å². The minimum atomic E-state index is 1.10. The van der Waals surface area contributed by atoms with Crippen LogP contribution in [0.15, 0.2) is 224 Å². The van der Waals surface area contributed by atoms with Crippen molar-refractivity contribution in [3.63, 3.8) is 0 Å². The highest BCUT2D eigenvalue weighted by Gasteiger charge is 2.18. The molecule has 10 aromatic carbocycles. The predicted molar refractivity (Wildman–Crippen MR) is 251 cm³/mol. The number of rotatable bonds is 7. The molecule has 0 saturated heterocycles. The van der Waals surface area contributed by atoms with E-state index in [9.17, 15) is 0 Å². The maximum Gasteiger partial charge on any atom is 0.0540 e. The second kappa shape index (κ2) is 14.4. The van der Waals surface area contributed by atoms with Gasteiger partial charge < -0.3 is 4.90 Å². The highest BCUT2D eigenvalue weighted by molar-refractivity contribution is 7.25. The van der Waals surface area contributed by atoms with Crippen LogP contribution in [0.1, 0.15) is 0 Å². The lowest BCUT2D eigenvalue weighted by Crippen LogP contribution is -2.11. The van der Waals surface area contributed by atoms with Crippen molar-refractivity contribution >= 4 is 70.1 Å². The van der Waals surface area contributed by atoms with Crippen molar-refractivity contribution in [2.45, 2.75) is 0 Å².